The van der Waals surface area contributed by atoms with E-state index in [0.29, 0.717) is 0 Å². The van der Waals surface area contributed by atoms with Crippen molar-refractivity contribution in [2.75, 3.05) is 0 Å². The number of aliphatic hydroxyl groups is 1. The summed E-state index contributed by atoms with van der Waals surface area (Å²) in [7, 11) is 0. The van der Waals surface area contributed by atoms with Crippen molar-refractivity contribution < 1.29 is 5.11 Å². The fraction of sp³-hybridized carbons (Fsp3) is 0.438. The van der Waals surface area contributed by atoms with Gasteiger partial charge in [0.2, 0.25) is 0 Å². The van der Waals surface area contributed by atoms with Gasteiger partial charge in [-0.1, -0.05) is 12.5 Å². The van der Waals surface area contributed by atoms with Crippen LogP contribution >= 0.6 is 0 Å². The maximum Gasteiger partial charge on any atom is 0.0807 e. The highest BCUT2D eigenvalue weighted by molar-refractivity contribution is 5.29. The first-order valence-electron chi connectivity index (χ1n) is 7.01. The molecule has 19 heavy (non-hydrogen) atoms. The summed E-state index contributed by atoms with van der Waals surface area (Å²) in [5.74, 6) is 0. The predicted molar refractivity (Wildman–Crippen MR) is 75.0 cm³/mol. The summed E-state index contributed by atoms with van der Waals surface area (Å²) >= 11 is 0. The van der Waals surface area contributed by atoms with Crippen LogP contribution in [-0.4, -0.2) is 14.7 Å². The Morgan fingerprint density at radius 1 is 1.37 bits per heavy atom. The molecule has 2 heterocycles. The molecule has 100 valence electrons. The zero-order chi connectivity index (χ0) is 13.2. The van der Waals surface area contributed by atoms with Crippen LogP contribution in [0.25, 0.3) is 0 Å². The van der Waals surface area contributed by atoms with Gasteiger partial charge in [0.1, 0.15) is 0 Å². The maximum absolute atomic E-state index is 10.1. The minimum Gasteiger partial charge on any atom is -0.388 e. The van der Waals surface area contributed by atoms with E-state index < -0.39 is 0 Å². The Morgan fingerprint density at radius 2 is 2.26 bits per heavy atom. The van der Waals surface area contributed by atoms with Crippen molar-refractivity contribution in [2.45, 2.75) is 45.3 Å². The Kier molecular flexibility index (Phi) is 3.38. The molecule has 0 saturated heterocycles. The Labute approximate surface area is 113 Å². The molecule has 2 aromatic heterocycles. The summed E-state index contributed by atoms with van der Waals surface area (Å²) in [6, 6.07) is 4.05. The molecule has 1 aliphatic carbocycles. The topological polar surface area (TPSA) is 38.0 Å². The molecule has 1 aliphatic rings. The van der Waals surface area contributed by atoms with Crippen molar-refractivity contribution in [2.24, 2.45) is 0 Å². The molecule has 0 amide bonds. The molecule has 1 unspecified atom stereocenters. The molecule has 0 saturated carbocycles. The van der Waals surface area contributed by atoms with Crippen LogP contribution < -0.4 is 0 Å². The standard InChI is InChI=1S/C16H20N2O/c1-12-5-4-8-17-15(12)11-18-9-13-6-2-3-7-16(19)14(13)10-18/h4-5,8-10,16,19H,2-3,6-7,11H2,1H3. The summed E-state index contributed by atoms with van der Waals surface area (Å²) in [6.45, 7) is 2.87. The second kappa shape index (κ2) is 5.17. The lowest BCUT2D eigenvalue weighted by Gasteiger charge is -2.07. The highest BCUT2D eigenvalue weighted by Crippen LogP contribution is 2.29. The number of aliphatic hydroxyl groups excluding tert-OH is 1. The Balaban J connectivity index is 1.87. The molecule has 0 spiro atoms. The number of hydrogen-bond acceptors (Lipinski definition) is 2. The third kappa shape index (κ3) is 2.56. The largest absolute Gasteiger partial charge is 0.388 e. The lowest BCUT2D eigenvalue weighted by Crippen LogP contribution is -2.02. The third-order valence-electron chi connectivity index (χ3n) is 3.98. The molecular weight excluding hydrogens is 236 g/mol. The van der Waals surface area contributed by atoms with E-state index in [0.717, 1.165) is 37.1 Å². The molecule has 3 nitrogen and oxygen atoms in total. The van der Waals surface area contributed by atoms with Gasteiger partial charge in [-0.05, 0) is 43.4 Å². The lowest BCUT2D eigenvalue weighted by atomic mass is 10.1. The quantitative estimate of drug-likeness (QED) is 0.839. The third-order valence-corrected chi connectivity index (χ3v) is 3.98. The Hall–Kier alpha value is -1.61. The van der Waals surface area contributed by atoms with Gasteiger partial charge in [0, 0.05) is 24.2 Å². The van der Waals surface area contributed by atoms with Crippen LogP contribution in [0.1, 0.15) is 47.8 Å². The first-order chi connectivity index (χ1) is 9.24. The van der Waals surface area contributed by atoms with Gasteiger partial charge in [-0.25, -0.2) is 0 Å². The number of nitrogens with zero attached hydrogens (tertiary/aromatic N) is 2. The molecule has 0 aromatic carbocycles. The fourth-order valence-electron chi connectivity index (χ4n) is 2.84. The molecule has 1 atom stereocenters. The Morgan fingerprint density at radius 3 is 3.11 bits per heavy atom. The predicted octanol–water partition coefficient (Wildman–Crippen LogP) is 3.00. The van der Waals surface area contributed by atoms with Gasteiger partial charge in [0.15, 0.2) is 0 Å². The van der Waals surface area contributed by atoms with Crippen molar-refractivity contribution in [3.8, 4) is 0 Å². The minimum absolute atomic E-state index is 0.288. The van der Waals surface area contributed by atoms with Gasteiger partial charge in [-0.2, -0.15) is 0 Å². The zero-order valence-corrected chi connectivity index (χ0v) is 11.3. The molecule has 2 aromatic rings. The number of aryl methyl sites for hydroxylation is 2. The van der Waals surface area contributed by atoms with Gasteiger partial charge >= 0.3 is 0 Å². The number of hydrogen-bond donors (Lipinski definition) is 1. The fourth-order valence-corrected chi connectivity index (χ4v) is 2.84. The number of fused-ring (bicyclic) bond motifs is 1. The van der Waals surface area contributed by atoms with E-state index in [2.05, 4.69) is 34.9 Å². The zero-order valence-electron chi connectivity index (χ0n) is 11.3. The van der Waals surface area contributed by atoms with Crippen molar-refractivity contribution in [3.05, 3.63) is 53.1 Å². The lowest BCUT2D eigenvalue weighted by molar-refractivity contribution is 0.166. The van der Waals surface area contributed by atoms with Crippen molar-refractivity contribution >= 4 is 0 Å². The summed E-state index contributed by atoms with van der Waals surface area (Å²) in [5, 5.41) is 10.1. The van der Waals surface area contributed by atoms with E-state index in [1.807, 2.05) is 12.3 Å². The van der Waals surface area contributed by atoms with E-state index in [-0.39, 0.29) is 6.10 Å². The van der Waals surface area contributed by atoms with Crippen LogP contribution in [0.15, 0.2) is 30.7 Å². The van der Waals surface area contributed by atoms with Gasteiger partial charge in [0.05, 0.1) is 18.3 Å². The molecule has 0 aliphatic heterocycles. The van der Waals surface area contributed by atoms with Crippen LogP contribution in [-0.2, 0) is 13.0 Å². The van der Waals surface area contributed by atoms with Crippen LogP contribution in [0.3, 0.4) is 0 Å². The Bertz CT molecular complexity index is 574. The van der Waals surface area contributed by atoms with Crippen LogP contribution in [0.5, 0.6) is 0 Å². The van der Waals surface area contributed by atoms with Gasteiger partial charge in [-0.15, -0.1) is 0 Å². The first kappa shape index (κ1) is 12.4. The van der Waals surface area contributed by atoms with Crippen molar-refractivity contribution in [1.29, 1.82) is 0 Å². The van der Waals surface area contributed by atoms with E-state index in [4.69, 9.17) is 0 Å². The first-order valence-corrected chi connectivity index (χ1v) is 7.01. The minimum atomic E-state index is -0.288. The van der Waals surface area contributed by atoms with Crippen LogP contribution in [0, 0.1) is 6.92 Å². The van der Waals surface area contributed by atoms with Crippen LogP contribution in [0.2, 0.25) is 0 Å². The monoisotopic (exact) mass is 256 g/mol. The average Bonchev–Trinajstić information content (AvgIpc) is 2.73. The number of aromatic nitrogens is 2. The second-order valence-corrected chi connectivity index (χ2v) is 5.44. The average molecular weight is 256 g/mol. The smallest absolute Gasteiger partial charge is 0.0807 e. The van der Waals surface area contributed by atoms with Gasteiger partial charge in [0.25, 0.3) is 0 Å². The number of pyridine rings is 1. The summed E-state index contributed by atoms with van der Waals surface area (Å²) in [5.41, 5.74) is 4.73. The molecule has 0 fully saturated rings. The van der Waals surface area contributed by atoms with E-state index in [9.17, 15) is 5.11 Å². The maximum atomic E-state index is 10.1. The SMILES string of the molecule is Cc1cccnc1Cn1cc2c(c1)C(O)CCCC2. The summed E-state index contributed by atoms with van der Waals surface area (Å²) in [4.78, 5) is 4.43. The van der Waals surface area contributed by atoms with Crippen molar-refractivity contribution in [3.63, 3.8) is 0 Å². The summed E-state index contributed by atoms with van der Waals surface area (Å²) < 4.78 is 2.16. The van der Waals surface area contributed by atoms with E-state index in [1.165, 1.54) is 17.5 Å². The normalized spacial score (nSPS) is 18.9. The highest BCUT2D eigenvalue weighted by atomic mass is 16.3. The summed E-state index contributed by atoms with van der Waals surface area (Å²) in [6.07, 6.45) is 10.1. The molecule has 3 rings (SSSR count). The molecular formula is C16H20N2O. The highest BCUT2D eigenvalue weighted by Gasteiger charge is 2.18. The van der Waals surface area contributed by atoms with Crippen LogP contribution in [0.4, 0.5) is 0 Å². The molecule has 3 heteroatoms. The van der Waals surface area contributed by atoms with Crippen molar-refractivity contribution in [1.82, 2.24) is 9.55 Å². The van der Waals surface area contributed by atoms with Gasteiger partial charge in [-0.3, -0.25) is 4.98 Å². The van der Waals surface area contributed by atoms with E-state index in [1.54, 1.807) is 0 Å². The molecule has 0 bridgehead atoms. The van der Waals surface area contributed by atoms with E-state index >= 15 is 0 Å². The number of rotatable bonds is 2. The molecule has 0 radical (unpaired) electrons. The van der Waals surface area contributed by atoms with Gasteiger partial charge < -0.3 is 9.67 Å². The molecule has 1 N–H and O–H groups in total. The second-order valence-electron chi connectivity index (χ2n) is 5.44.